The highest BCUT2D eigenvalue weighted by Crippen LogP contribution is 2.19. The van der Waals surface area contributed by atoms with Crippen LogP contribution in [-0.2, 0) is 4.84 Å². The maximum absolute atomic E-state index is 11.5. The van der Waals surface area contributed by atoms with Gasteiger partial charge in [-0.05, 0) is 18.6 Å². The van der Waals surface area contributed by atoms with Gasteiger partial charge in [-0.1, -0.05) is 56.3 Å². The van der Waals surface area contributed by atoms with Crippen molar-refractivity contribution >= 4 is 23.3 Å². The molecule has 1 rings (SSSR count). The van der Waals surface area contributed by atoms with E-state index in [0.717, 1.165) is 12.8 Å². The van der Waals surface area contributed by atoms with Crippen LogP contribution < -0.4 is 10.8 Å². The van der Waals surface area contributed by atoms with Crippen LogP contribution in [0.3, 0.4) is 0 Å². The number of nitrogens with one attached hydrogen (secondary N) is 2. The number of carbonyl (C=O) groups is 1. The molecule has 4 nitrogen and oxygen atoms in total. The molecule has 1 aromatic rings. The van der Waals surface area contributed by atoms with Crippen molar-refractivity contribution in [1.29, 1.82) is 0 Å². The molecule has 2 N–H and O–H groups in total. The number of benzene rings is 1. The van der Waals surface area contributed by atoms with Crippen LogP contribution in [0.15, 0.2) is 24.3 Å². The van der Waals surface area contributed by atoms with E-state index in [1.165, 1.54) is 19.3 Å². The highest BCUT2D eigenvalue weighted by molar-refractivity contribution is 6.33. The molecule has 0 aromatic heterocycles. The van der Waals surface area contributed by atoms with Crippen molar-refractivity contribution < 1.29 is 9.63 Å². The molecule has 106 valence electrons. The van der Waals surface area contributed by atoms with Gasteiger partial charge in [0.2, 0.25) is 0 Å². The number of halogens is 1. The third-order valence-corrected chi connectivity index (χ3v) is 2.97. The molecule has 0 fully saturated rings. The molecular formula is C14H21ClN2O2. The maximum atomic E-state index is 11.5. The first-order valence-electron chi connectivity index (χ1n) is 6.67. The molecule has 0 aliphatic heterocycles. The number of hydrogen-bond donors (Lipinski definition) is 2. The third-order valence-electron chi connectivity index (χ3n) is 2.64. The molecule has 5 heteroatoms. The fraction of sp³-hybridized carbons (Fsp3) is 0.500. The van der Waals surface area contributed by atoms with Gasteiger partial charge in [0.15, 0.2) is 0 Å². The Morgan fingerprint density at radius 2 is 1.95 bits per heavy atom. The molecule has 19 heavy (non-hydrogen) atoms. The third kappa shape index (κ3) is 7.03. The second-order valence-electron chi connectivity index (χ2n) is 4.30. The summed E-state index contributed by atoms with van der Waals surface area (Å²) in [6.45, 7) is 2.71. The van der Waals surface area contributed by atoms with Gasteiger partial charge in [-0.15, -0.1) is 0 Å². The van der Waals surface area contributed by atoms with Gasteiger partial charge < -0.3 is 5.32 Å². The number of amides is 2. The molecule has 1 aromatic carbocycles. The fourth-order valence-electron chi connectivity index (χ4n) is 1.60. The van der Waals surface area contributed by atoms with Gasteiger partial charge in [-0.3, -0.25) is 4.84 Å². The Kier molecular flexibility index (Phi) is 8.02. The Morgan fingerprint density at radius 1 is 1.21 bits per heavy atom. The Bertz CT molecular complexity index is 385. The van der Waals surface area contributed by atoms with Crippen LogP contribution in [0.4, 0.5) is 10.5 Å². The van der Waals surface area contributed by atoms with Crippen molar-refractivity contribution in [3.8, 4) is 0 Å². The van der Waals surface area contributed by atoms with E-state index in [9.17, 15) is 4.79 Å². The molecule has 0 aliphatic carbocycles. The zero-order valence-corrected chi connectivity index (χ0v) is 12.0. The van der Waals surface area contributed by atoms with Crippen LogP contribution >= 0.6 is 11.6 Å². The van der Waals surface area contributed by atoms with Crippen molar-refractivity contribution in [2.45, 2.75) is 39.0 Å². The first-order valence-corrected chi connectivity index (χ1v) is 7.05. The normalized spacial score (nSPS) is 10.2. The van der Waals surface area contributed by atoms with Crippen molar-refractivity contribution in [3.63, 3.8) is 0 Å². The lowest BCUT2D eigenvalue weighted by atomic mass is 10.2. The number of hydroxylamine groups is 1. The summed E-state index contributed by atoms with van der Waals surface area (Å²) in [4.78, 5) is 16.6. The topological polar surface area (TPSA) is 50.4 Å². The molecule has 0 radical (unpaired) electrons. The van der Waals surface area contributed by atoms with Crippen molar-refractivity contribution in [2.75, 3.05) is 11.9 Å². The minimum Gasteiger partial charge on any atom is -0.305 e. The lowest BCUT2D eigenvalue weighted by molar-refractivity contribution is 0.0631. The quantitative estimate of drug-likeness (QED) is 0.550. The Labute approximate surface area is 119 Å². The van der Waals surface area contributed by atoms with Gasteiger partial charge in [0.05, 0.1) is 17.3 Å². The maximum Gasteiger partial charge on any atom is 0.343 e. The number of rotatable bonds is 8. The Balaban J connectivity index is 2.10. The molecule has 0 heterocycles. The molecule has 0 saturated heterocycles. The molecule has 2 amide bonds. The van der Waals surface area contributed by atoms with Crippen LogP contribution in [-0.4, -0.2) is 12.6 Å². The average molecular weight is 285 g/mol. The summed E-state index contributed by atoms with van der Waals surface area (Å²) < 4.78 is 0. The molecule has 0 saturated carbocycles. The number of carbonyl (C=O) groups excluding carboxylic acids is 1. The summed E-state index contributed by atoms with van der Waals surface area (Å²) in [5, 5.41) is 3.11. The monoisotopic (exact) mass is 284 g/mol. The highest BCUT2D eigenvalue weighted by atomic mass is 35.5. The second kappa shape index (κ2) is 9.64. The second-order valence-corrected chi connectivity index (χ2v) is 4.71. The van der Waals surface area contributed by atoms with Gasteiger partial charge in [0.25, 0.3) is 0 Å². The standard InChI is InChI=1S/C14H21ClN2O2/c1-2-3-4-5-8-11-19-17-14(18)16-13-10-7-6-9-12(13)15/h6-7,9-10H,2-5,8,11H2,1H3,(H2,16,17,18). The number of unbranched alkanes of at least 4 members (excludes halogenated alkanes) is 4. The van der Waals surface area contributed by atoms with E-state index in [2.05, 4.69) is 17.7 Å². The first kappa shape index (κ1) is 15.8. The zero-order valence-electron chi connectivity index (χ0n) is 11.2. The Morgan fingerprint density at radius 3 is 2.68 bits per heavy atom. The van der Waals surface area contributed by atoms with E-state index in [0.29, 0.717) is 17.3 Å². The van der Waals surface area contributed by atoms with E-state index in [1.54, 1.807) is 24.3 Å². The zero-order chi connectivity index (χ0) is 13.9. The molecule has 0 bridgehead atoms. The van der Waals surface area contributed by atoms with Crippen LogP contribution in [0.1, 0.15) is 39.0 Å². The number of para-hydroxylation sites is 1. The van der Waals surface area contributed by atoms with E-state index >= 15 is 0 Å². The van der Waals surface area contributed by atoms with E-state index in [-0.39, 0.29) is 0 Å². The predicted octanol–water partition coefficient (Wildman–Crippen LogP) is 4.36. The summed E-state index contributed by atoms with van der Waals surface area (Å²) in [6.07, 6.45) is 5.76. The minimum absolute atomic E-state index is 0.415. The van der Waals surface area contributed by atoms with Crippen LogP contribution in [0.5, 0.6) is 0 Å². The van der Waals surface area contributed by atoms with Crippen molar-refractivity contribution in [1.82, 2.24) is 5.48 Å². The largest absolute Gasteiger partial charge is 0.343 e. The van der Waals surface area contributed by atoms with Gasteiger partial charge >= 0.3 is 6.03 Å². The van der Waals surface area contributed by atoms with Crippen LogP contribution in [0.2, 0.25) is 5.02 Å². The SMILES string of the molecule is CCCCCCCONC(=O)Nc1ccccc1Cl. The minimum atomic E-state index is -0.415. The van der Waals surface area contributed by atoms with Crippen molar-refractivity contribution in [2.24, 2.45) is 0 Å². The van der Waals surface area contributed by atoms with Gasteiger partial charge in [-0.25, -0.2) is 10.3 Å². The van der Waals surface area contributed by atoms with Crippen LogP contribution in [0, 0.1) is 0 Å². The molecule has 0 atom stereocenters. The van der Waals surface area contributed by atoms with Gasteiger partial charge in [-0.2, -0.15) is 0 Å². The lowest BCUT2D eigenvalue weighted by Crippen LogP contribution is -2.29. The highest BCUT2D eigenvalue weighted by Gasteiger charge is 2.04. The van der Waals surface area contributed by atoms with E-state index in [1.807, 2.05) is 0 Å². The van der Waals surface area contributed by atoms with Gasteiger partial charge in [0.1, 0.15) is 0 Å². The smallest absolute Gasteiger partial charge is 0.305 e. The lowest BCUT2D eigenvalue weighted by Gasteiger charge is -2.08. The number of urea groups is 1. The molecule has 0 unspecified atom stereocenters. The molecular weight excluding hydrogens is 264 g/mol. The summed E-state index contributed by atoms with van der Waals surface area (Å²) in [5.74, 6) is 0. The Hall–Kier alpha value is -1.26. The fourth-order valence-corrected chi connectivity index (χ4v) is 1.79. The summed E-state index contributed by atoms with van der Waals surface area (Å²) in [5.41, 5.74) is 2.90. The van der Waals surface area contributed by atoms with Crippen molar-refractivity contribution in [3.05, 3.63) is 29.3 Å². The summed E-state index contributed by atoms with van der Waals surface area (Å²) in [7, 11) is 0. The molecule has 0 aliphatic rings. The number of hydrogen-bond acceptors (Lipinski definition) is 2. The molecule has 0 spiro atoms. The first-order chi connectivity index (χ1) is 9.24. The number of anilines is 1. The van der Waals surface area contributed by atoms with E-state index < -0.39 is 6.03 Å². The summed E-state index contributed by atoms with van der Waals surface area (Å²) >= 11 is 5.92. The van der Waals surface area contributed by atoms with Crippen LogP contribution in [0.25, 0.3) is 0 Å². The van der Waals surface area contributed by atoms with E-state index in [4.69, 9.17) is 16.4 Å². The average Bonchev–Trinajstić information content (AvgIpc) is 2.40. The summed E-state index contributed by atoms with van der Waals surface area (Å²) in [6, 6.07) is 6.63. The van der Waals surface area contributed by atoms with Gasteiger partial charge in [0, 0.05) is 0 Å². The predicted molar refractivity (Wildman–Crippen MR) is 78.3 cm³/mol.